The predicted octanol–water partition coefficient (Wildman–Crippen LogP) is 3.79. The molecule has 2 aromatic carbocycles. The number of rotatable bonds is 8. The van der Waals surface area contributed by atoms with Crippen LogP contribution in [0.15, 0.2) is 48.5 Å². The first-order valence-electron chi connectivity index (χ1n) is 7.80. The molecule has 0 heterocycles. The molecule has 2 aromatic rings. The molecule has 2 rings (SSSR count). The van der Waals surface area contributed by atoms with Crippen LogP contribution in [0.1, 0.15) is 23.7 Å². The van der Waals surface area contributed by atoms with Crippen molar-refractivity contribution >= 4 is 17.5 Å². The van der Waals surface area contributed by atoms with Gasteiger partial charge in [0.15, 0.2) is 0 Å². The average Bonchev–Trinajstić information content (AvgIpc) is 2.61. The Hall–Kier alpha value is -2.04. The molecule has 24 heavy (non-hydrogen) atoms. The van der Waals surface area contributed by atoms with Gasteiger partial charge >= 0.3 is 0 Å². The molecule has 0 unspecified atom stereocenters. The van der Waals surface area contributed by atoms with Gasteiger partial charge in [-0.25, -0.2) is 0 Å². The Bertz CT molecular complexity index is 675. The van der Waals surface area contributed by atoms with Crippen LogP contribution >= 0.6 is 11.6 Å². The maximum atomic E-state index is 12.1. The van der Waals surface area contributed by atoms with Gasteiger partial charge in [0.1, 0.15) is 5.75 Å². The minimum absolute atomic E-state index is 0.0140. The van der Waals surface area contributed by atoms with E-state index in [0.29, 0.717) is 24.4 Å². The van der Waals surface area contributed by atoms with Crippen LogP contribution in [0.4, 0.5) is 0 Å². The largest absolute Gasteiger partial charge is 0.497 e. The number of amides is 1. The van der Waals surface area contributed by atoms with E-state index in [9.17, 15) is 4.79 Å². The van der Waals surface area contributed by atoms with Crippen molar-refractivity contribution in [3.63, 3.8) is 0 Å². The molecule has 1 amide bonds. The standard InChI is InChI=1S/C19H22ClNO3/c1-23-17-8-4-6-15(12-17)18(24-2)13-21-19(22)10-9-14-5-3-7-16(20)11-14/h3-8,11-12,18H,9-10,13H2,1-2H3,(H,21,22)/t18-/m0/s1. The maximum Gasteiger partial charge on any atom is 0.220 e. The molecule has 0 radical (unpaired) electrons. The van der Waals surface area contributed by atoms with E-state index in [1.807, 2.05) is 48.5 Å². The Kier molecular flexibility index (Phi) is 7.09. The lowest BCUT2D eigenvalue weighted by Crippen LogP contribution is -2.29. The number of carbonyl (C=O) groups is 1. The van der Waals surface area contributed by atoms with Crippen molar-refractivity contribution in [2.24, 2.45) is 0 Å². The summed E-state index contributed by atoms with van der Waals surface area (Å²) >= 11 is 5.95. The normalized spacial score (nSPS) is 11.8. The highest BCUT2D eigenvalue weighted by Crippen LogP contribution is 2.21. The van der Waals surface area contributed by atoms with E-state index >= 15 is 0 Å². The monoisotopic (exact) mass is 347 g/mol. The van der Waals surface area contributed by atoms with Crippen molar-refractivity contribution in [2.45, 2.75) is 18.9 Å². The maximum absolute atomic E-state index is 12.1. The number of aryl methyl sites for hydroxylation is 1. The van der Waals surface area contributed by atoms with Crippen LogP contribution in [0.5, 0.6) is 5.75 Å². The Balaban J connectivity index is 1.84. The molecule has 5 heteroatoms. The molecule has 0 fully saturated rings. The van der Waals surface area contributed by atoms with Gasteiger partial charge in [-0.3, -0.25) is 4.79 Å². The van der Waals surface area contributed by atoms with Crippen LogP contribution in [-0.4, -0.2) is 26.7 Å². The number of nitrogens with one attached hydrogen (secondary N) is 1. The Morgan fingerprint density at radius 3 is 2.67 bits per heavy atom. The zero-order chi connectivity index (χ0) is 17.4. The third kappa shape index (κ3) is 5.55. The molecule has 0 aliphatic carbocycles. The molecule has 0 saturated carbocycles. The Morgan fingerprint density at radius 1 is 1.17 bits per heavy atom. The van der Waals surface area contributed by atoms with E-state index in [1.165, 1.54) is 0 Å². The second kappa shape index (κ2) is 9.30. The lowest BCUT2D eigenvalue weighted by atomic mass is 10.1. The van der Waals surface area contributed by atoms with Crippen LogP contribution in [-0.2, 0) is 16.0 Å². The molecule has 0 aliphatic rings. The van der Waals surface area contributed by atoms with Crippen molar-refractivity contribution in [3.05, 3.63) is 64.7 Å². The van der Waals surface area contributed by atoms with Gasteiger partial charge in [0.2, 0.25) is 5.91 Å². The zero-order valence-electron chi connectivity index (χ0n) is 13.9. The molecular weight excluding hydrogens is 326 g/mol. The first-order chi connectivity index (χ1) is 11.6. The summed E-state index contributed by atoms with van der Waals surface area (Å²) in [4.78, 5) is 12.1. The van der Waals surface area contributed by atoms with Crippen molar-refractivity contribution in [2.75, 3.05) is 20.8 Å². The fourth-order valence-electron chi connectivity index (χ4n) is 2.42. The fourth-order valence-corrected chi connectivity index (χ4v) is 2.64. The Morgan fingerprint density at radius 2 is 1.96 bits per heavy atom. The number of hydrogen-bond donors (Lipinski definition) is 1. The summed E-state index contributed by atoms with van der Waals surface area (Å²) in [5, 5.41) is 3.60. The van der Waals surface area contributed by atoms with E-state index in [4.69, 9.17) is 21.1 Å². The highest BCUT2D eigenvalue weighted by atomic mass is 35.5. The molecule has 0 saturated heterocycles. The van der Waals surface area contributed by atoms with Crippen molar-refractivity contribution in [1.29, 1.82) is 0 Å². The van der Waals surface area contributed by atoms with Crippen molar-refractivity contribution in [3.8, 4) is 5.75 Å². The van der Waals surface area contributed by atoms with Crippen molar-refractivity contribution in [1.82, 2.24) is 5.32 Å². The Labute approximate surface area is 147 Å². The summed E-state index contributed by atoms with van der Waals surface area (Å²) in [6.45, 7) is 0.415. The van der Waals surface area contributed by atoms with Gasteiger partial charge in [-0.15, -0.1) is 0 Å². The molecule has 1 N–H and O–H groups in total. The summed E-state index contributed by atoms with van der Waals surface area (Å²) < 4.78 is 10.7. The summed E-state index contributed by atoms with van der Waals surface area (Å²) in [6.07, 6.45) is 0.855. The van der Waals surface area contributed by atoms with Gasteiger partial charge in [-0.05, 0) is 41.8 Å². The predicted molar refractivity (Wildman–Crippen MR) is 95.5 cm³/mol. The minimum Gasteiger partial charge on any atom is -0.497 e. The second-order valence-corrected chi connectivity index (χ2v) is 5.87. The summed E-state index contributed by atoms with van der Waals surface area (Å²) in [5.41, 5.74) is 2.01. The van der Waals surface area contributed by atoms with Crippen LogP contribution in [0.25, 0.3) is 0 Å². The van der Waals surface area contributed by atoms with E-state index in [-0.39, 0.29) is 12.0 Å². The zero-order valence-corrected chi connectivity index (χ0v) is 14.7. The quantitative estimate of drug-likeness (QED) is 0.790. The number of carbonyl (C=O) groups excluding carboxylic acids is 1. The topological polar surface area (TPSA) is 47.6 Å². The SMILES string of the molecule is COc1cccc([C@H](CNC(=O)CCc2cccc(Cl)c2)OC)c1. The second-order valence-electron chi connectivity index (χ2n) is 5.43. The number of ether oxygens (including phenoxy) is 2. The molecule has 0 bridgehead atoms. The van der Waals surface area contributed by atoms with E-state index in [0.717, 1.165) is 16.9 Å². The van der Waals surface area contributed by atoms with E-state index in [1.54, 1.807) is 14.2 Å². The van der Waals surface area contributed by atoms with E-state index in [2.05, 4.69) is 5.32 Å². The third-order valence-electron chi connectivity index (χ3n) is 3.76. The lowest BCUT2D eigenvalue weighted by molar-refractivity contribution is -0.121. The van der Waals surface area contributed by atoms with Crippen LogP contribution in [0.3, 0.4) is 0 Å². The first-order valence-corrected chi connectivity index (χ1v) is 8.18. The van der Waals surface area contributed by atoms with Crippen molar-refractivity contribution < 1.29 is 14.3 Å². The molecule has 0 aromatic heterocycles. The van der Waals surface area contributed by atoms with Gasteiger partial charge in [-0.2, -0.15) is 0 Å². The van der Waals surface area contributed by atoms with Gasteiger partial charge in [0.25, 0.3) is 0 Å². The fraction of sp³-hybridized carbons (Fsp3) is 0.316. The van der Waals surface area contributed by atoms with Gasteiger partial charge in [0.05, 0.1) is 13.2 Å². The smallest absolute Gasteiger partial charge is 0.220 e. The highest BCUT2D eigenvalue weighted by molar-refractivity contribution is 6.30. The highest BCUT2D eigenvalue weighted by Gasteiger charge is 2.13. The molecule has 0 aliphatic heterocycles. The molecule has 1 atom stereocenters. The molecule has 128 valence electrons. The minimum atomic E-state index is -0.213. The van der Waals surface area contributed by atoms with E-state index < -0.39 is 0 Å². The molecular formula is C19H22ClNO3. The average molecular weight is 348 g/mol. The number of hydrogen-bond acceptors (Lipinski definition) is 3. The third-order valence-corrected chi connectivity index (χ3v) is 4.00. The van der Waals surface area contributed by atoms with Gasteiger partial charge in [0, 0.05) is 25.1 Å². The number of benzene rings is 2. The van der Waals surface area contributed by atoms with Crippen LogP contribution in [0.2, 0.25) is 5.02 Å². The van der Waals surface area contributed by atoms with Gasteiger partial charge in [-0.1, -0.05) is 35.9 Å². The molecule has 0 spiro atoms. The van der Waals surface area contributed by atoms with Crippen LogP contribution < -0.4 is 10.1 Å². The van der Waals surface area contributed by atoms with Gasteiger partial charge < -0.3 is 14.8 Å². The number of halogens is 1. The summed E-state index contributed by atoms with van der Waals surface area (Å²) in [5.74, 6) is 0.752. The lowest BCUT2D eigenvalue weighted by Gasteiger charge is -2.17. The summed E-state index contributed by atoms with van der Waals surface area (Å²) in [7, 11) is 3.25. The molecule has 4 nitrogen and oxygen atoms in total. The number of methoxy groups -OCH3 is 2. The first kappa shape index (κ1) is 18.3. The summed E-state index contributed by atoms with van der Waals surface area (Å²) in [6, 6.07) is 15.2. The van der Waals surface area contributed by atoms with Crippen LogP contribution in [0, 0.1) is 0 Å².